The fourth-order valence-electron chi connectivity index (χ4n) is 1.32. The van der Waals surface area contributed by atoms with Gasteiger partial charge < -0.3 is 5.11 Å². The van der Waals surface area contributed by atoms with Crippen LogP contribution in [0.15, 0.2) is 23.8 Å². The zero-order valence-corrected chi connectivity index (χ0v) is 7.12. The molecular weight excluding hydrogens is 152 g/mol. The second-order valence-corrected chi connectivity index (χ2v) is 3.02. The van der Waals surface area contributed by atoms with E-state index in [2.05, 4.69) is 18.2 Å². The molecule has 2 nitrogen and oxygen atoms in total. The molecule has 1 aliphatic rings. The van der Waals surface area contributed by atoms with E-state index in [1.54, 1.807) is 0 Å². The lowest BCUT2D eigenvalue weighted by Gasteiger charge is -2.06. The molecule has 66 valence electrons. The zero-order chi connectivity index (χ0) is 8.81. The van der Waals surface area contributed by atoms with Gasteiger partial charge in [0.05, 0.1) is 0 Å². The van der Waals surface area contributed by atoms with Crippen LogP contribution >= 0.6 is 0 Å². The van der Waals surface area contributed by atoms with Gasteiger partial charge >= 0.3 is 5.97 Å². The number of rotatable bonds is 4. The summed E-state index contributed by atoms with van der Waals surface area (Å²) < 4.78 is 0. The molecule has 0 heterocycles. The van der Waals surface area contributed by atoms with E-state index in [-0.39, 0.29) is 0 Å². The molecule has 0 atom stereocenters. The van der Waals surface area contributed by atoms with Gasteiger partial charge in [0.2, 0.25) is 0 Å². The second-order valence-electron chi connectivity index (χ2n) is 3.02. The third kappa shape index (κ3) is 3.37. The summed E-state index contributed by atoms with van der Waals surface area (Å²) in [7, 11) is 0. The molecular formula is C10H14O2. The summed E-state index contributed by atoms with van der Waals surface area (Å²) in [6.07, 6.45) is 10.5. The molecule has 0 amide bonds. The van der Waals surface area contributed by atoms with E-state index in [4.69, 9.17) is 5.11 Å². The van der Waals surface area contributed by atoms with Gasteiger partial charge in [-0.1, -0.05) is 23.8 Å². The second kappa shape index (κ2) is 4.75. The van der Waals surface area contributed by atoms with Gasteiger partial charge in [0.1, 0.15) is 0 Å². The molecule has 0 aromatic heterocycles. The van der Waals surface area contributed by atoms with Crippen LogP contribution in [0.4, 0.5) is 0 Å². The first-order valence-electron chi connectivity index (χ1n) is 4.34. The van der Waals surface area contributed by atoms with Crippen LogP contribution in [0.1, 0.15) is 32.1 Å². The molecule has 0 aromatic carbocycles. The van der Waals surface area contributed by atoms with Crippen molar-refractivity contribution in [1.82, 2.24) is 0 Å². The van der Waals surface area contributed by atoms with E-state index < -0.39 is 5.97 Å². The van der Waals surface area contributed by atoms with Gasteiger partial charge in [-0.15, -0.1) is 0 Å². The van der Waals surface area contributed by atoms with Gasteiger partial charge in [0.25, 0.3) is 0 Å². The van der Waals surface area contributed by atoms with Crippen molar-refractivity contribution in [2.24, 2.45) is 0 Å². The van der Waals surface area contributed by atoms with Crippen molar-refractivity contribution in [2.75, 3.05) is 0 Å². The highest BCUT2D eigenvalue weighted by Gasteiger charge is 2.01. The lowest BCUT2D eigenvalue weighted by atomic mass is 10.0. The normalized spacial score (nSPS) is 15.8. The van der Waals surface area contributed by atoms with Crippen molar-refractivity contribution in [2.45, 2.75) is 32.1 Å². The van der Waals surface area contributed by atoms with E-state index >= 15 is 0 Å². The predicted octanol–water partition coefficient (Wildman–Crippen LogP) is 2.52. The number of hydrogen-bond donors (Lipinski definition) is 1. The van der Waals surface area contributed by atoms with Crippen LogP contribution in [0.25, 0.3) is 0 Å². The van der Waals surface area contributed by atoms with Gasteiger partial charge in [-0.3, -0.25) is 4.79 Å². The third-order valence-electron chi connectivity index (χ3n) is 1.98. The Morgan fingerprint density at radius 1 is 1.50 bits per heavy atom. The van der Waals surface area contributed by atoms with Crippen molar-refractivity contribution in [3.8, 4) is 0 Å². The van der Waals surface area contributed by atoms with E-state index in [0.29, 0.717) is 6.42 Å². The number of carbonyl (C=O) groups is 1. The maximum Gasteiger partial charge on any atom is 0.303 e. The molecule has 2 heteroatoms. The molecule has 0 radical (unpaired) electrons. The van der Waals surface area contributed by atoms with Crippen LogP contribution in [-0.2, 0) is 4.79 Å². The average Bonchev–Trinajstić information content (AvgIpc) is 2.05. The summed E-state index contributed by atoms with van der Waals surface area (Å²) in [6, 6.07) is 0. The standard InChI is InChI=1S/C10H14O2/c11-10(12)8-4-7-9-5-2-1-3-6-9/h1-2,6H,3-5,7-8H2,(H,11,12). The van der Waals surface area contributed by atoms with Gasteiger partial charge in [-0.25, -0.2) is 0 Å². The largest absolute Gasteiger partial charge is 0.481 e. The Balaban J connectivity index is 2.14. The monoisotopic (exact) mass is 166 g/mol. The Morgan fingerprint density at radius 3 is 2.92 bits per heavy atom. The van der Waals surface area contributed by atoms with Gasteiger partial charge in [-0.05, 0) is 25.7 Å². The number of hydrogen-bond acceptors (Lipinski definition) is 1. The summed E-state index contributed by atoms with van der Waals surface area (Å²) in [6.45, 7) is 0. The first-order valence-corrected chi connectivity index (χ1v) is 4.34. The lowest BCUT2D eigenvalue weighted by Crippen LogP contribution is -1.95. The molecule has 12 heavy (non-hydrogen) atoms. The van der Waals surface area contributed by atoms with Crippen LogP contribution in [0, 0.1) is 0 Å². The molecule has 0 saturated heterocycles. The summed E-state index contributed by atoms with van der Waals surface area (Å²) >= 11 is 0. The molecule has 1 aliphatic carbocycles. The molecule has 0 aliphatic heterocycles. The van der Waals surface area contributed by atoms with Crippen LogP contribution < -0.4 is 0 Å². The minimum Gasteiger partial charge on any atom is -0.481 e. The topological polar surface area (TPSA) is 37.3 Å². The minimum absolute atomic E-state index is 0.293. The molecule has 0 bridgehead atoms. The fraction of sp³-hybridized carbons (Fsp3) is 0.500. The number of carboxylic acids is 1. The highest BCUT2D eigenvalue weighted by molar-refractivity contribution is 5.66. The van der Waals surface area contributed by atoms with Crippen LogP contribution in [0.5, 0.6) is 0 Å². The molecule has 1 N–H and O–H groups in total. The minimum atomic E-state index is -0.693. The van der Waals surface area contributed by atoms with Gasteiger partial charge in [-0.2, -0.15) is 0 Å². The molecule has 0 unspecified atom stereocenters. The highest BCUT2D eigenvalue weighted by Crippen LogP contribution is 2.16. The van der Waals surface area contributed by atoms with Crippen LogP contribution in [-0.4, -0.2) is 11.1 Å². The van der Waals surface area contributed by atoms with Crippen molar-refractivity contribution in [3.05, 3.63) is 23.8 Å². The molecule has 0 spiro atoms. The first-order chi connectivity index (χ1) is 5.79. The lowest BCUT2D eigenvalue weighted by molar-refractivity contribution is -0.137. The van der Waals surface area contributed by atoms with Crippen LogP contribution in [0.2, 0.25) is 0 Å². The quantitative estimate of drug-likeness (QED) is 0.651. The smallest absolute Gasteiger partial charge is 0.303 e. The zero-order valence-electron chi connectivity index (χ0n) is 7.12. The molecule has 0 saturated carbocycles. The molecule has 0 aromatic rings. The predicted molar refractivity (Wildman–Crippen MR) is 47.9 cm³/mol. The number of carboxylic acid groups (broad SMARTS) is 1. The number of allylic oxidation sites excluding steroid dienone is 4. The number of aliphatic carboxylic acids is 1. The fourth-order valence-corrected chi connectivity index (χ4v) is 1.32. The van der Waals surface area contributed by atoms with E-state index in [9.17, 15) is 4.79 Å². The summed E-state index contributed by atoms with van der Waals surface area (Å²) in [5, 5.41) is 8.41. The first kappa shape index (κ1) is 9.04. The summed E-state index contributed by atoms with van der Waals surface area (Å²) in [5.41, 5.74) is 1.39. The molecule has 1 rings (SSSR count). The Bertz CT molecular complexity index is 214. The van der Waals surface area contributed by atoms with Crippen molar-refractivity contribution in [3.63, 3.8) is 0 Å². The Hall–Kier alpha value is -1.05. The van der Waals surface area contributed by atoms with E-state index in [0.717, 1.165) is 25.7 Å². The molecule has 0 fully saturated rings. The van der Waals surface area contributed by atoms with Crippen molar-refractivity contribution in [1.29, 1.82) is 0 Å². The Kier molecular flexibility index (Phi) is 3.58. The maximum absolute atomic E-state index is 10.2. The summed E-state index contributed by atoms with van der Waals surface area (Å²) in [5.74, 6) is -0.693. The highest BCUT2D eigenvalue weighted by atomic mass is 16.4. The third-order valence-corrected chi connectivity index (χ3v) is 1.98. The SMILES string of the molecule is O=C(O)CCCC1=CCC=CC1. The Labute approximate surface area is 72.6 Å². The maximum atomic E-state index is 10.2. The van der Waals surface area contributed by atoms with E-state index in [1.165, 1.54) is 5.57 Å². The van der Waals surface area contributed by atoms with Gasteiger partial charge in [0, 0.05) is 6.42 Å². The average molecular weight is 166 g/mol. The van der Waals surface area contributed by atoms with Crippen molar-refractivity contribution < 1.29 is 9.90 Å². The van der Waals surface area contributed by atoms with Gasteiger partial charge in [0.15, 0.2) is 0 Å². The Morgan fingerprint density at radius 2 is 2.33 bits per heavy atom. The van der Waals surface area contributed by atoms with E-state index in [1.807, 2.05) is 0 Å². The summed E-state index contributed by atoms with van der Waals surface area (Å²) in [4.78, 5) is 10.2. The van der Waals surface area contributed by atoms with Crippen LogP contribution in [0.3, 0.4) is 0 Å². The van der Waals surface area contributed by atoms with Crippen molar-refractivity contribution >= 4 is 5.97 Å².